The fourth-order valence-electron chi connectivity index (χ4n) is 6.06. The van der Waals surface area contributed by atoms with Gasteiger partial charge < -0.3 is 15.4 Å². The van der Waals surface area contributed by atoms with Crippen molar-refractivity contribution in [1.82, 2.24) is 5.48 Å². The Bertz CT molecular complexity index is 570. The zero-order chi connectivity index (χ0) is 33.7. The van der Waals surface area contributed by atoms with E-state index in [1.165, 1.54) is 173 Å². The van der Waals surface area contributed by atoms with Crippen LogP contribution < -0.4 is 5.48 Å². The highest BCUT2D eigenvalue weighted by molar-refractivity contribution is 5.66. The summed E-state index contributed by atoms with van der Waals surface area (Å²) in [6.45, 7) is 8.40. The largest absolute Gasteiger partial charge is 0.481 e. The van der Waals surface area contributed by atoms with Crippen molar-refractivity contribution in [3.8, 4) is 0 Å². The van der Waals surface area contributed by atoms with Gasteiger partial charge in [0.15, 0.2) is 0 Å². The summed E-state index contributed by atoms with van der Waals surface area (Å²) in [6, 6.07) is 0. The summed E-state index contributed by atoms with van der Waals surface area (Å²) in [6.07, 6.45) is 42.4. The quantitative estimate of drug-likeness (QED) is 0.0314. The molecule has 0 bridgehead atoms. The molecule has 0 aromatic heterocycles. The zero-order valence-corrected chi connectivity index (χ0v) is 31.2. The van der Waals surface area contributed by atoms with Crippen LogP contribution >= 0.6 is 0 Å². The molecular formula is C40H83NO4. The first-order chi connectivity index (χ1) is 21.8. The van der Waals surface area contributed by atoms with Crippen molar-refractivity contribution < 1.29 is 20.2 Å². The van der Waals surface area contributed by atoms with Gasteiger partial charge in [0.1, 0.15) is 5.72 Å². The normalized spacial score (nSPS) is 12.7. The van der Waals surface area contributed by atoms with E-state index in [9.17, 15) is 9.90 Å². The number of hydrogen-bond donors (Lipinski definition) is 4. The molecule has 0 radical (unpaired) electrons. The van der Waals surface area contributed by atoms with Crippen molar-refractivity contribution in [1.29, 1.82) is 0 Å². The monoisotopic (exact) mass is 642 g/mol. The van der Waals surface area contributed by atoms with Crippen molar-refractivity contribution in [2.24, 2.45) is 5.92 Å². The number of carboxylic acid groups (broad SMARTS) is 1. The topological polar surface area (TPSA) is 89.8 Å². The first-order valence-electron chi connectivity index (χ1n) is 20.2. The summed E-state index contributed by atoms with van der Waals surface area (Å²) in [4.78, 5) is 10.3. The van der Waals surface area contributed by atoms with Gasteiger partial charge in [-0.3, -0.25) is 4.79 Å². The van der Waals surface area contributed by atoms with Gasteiger partial charge in [0.2, 0.25) is 0 Å². The molecule has 0 saturated heterocycles. The Labute approximate surface area is 282 Å². The Morgan fingerprint density at radius 1 is 0.489 bits per heavy atom. The minimum atomic E-state index is -1.12. The van der Waals surface area contributed by atoms with E-state index in [-0.39, 0.29) is 5.92 Å². The second kappa shape index (κ2) is 37.8. The maximum Gasteiger partial charge on any atom is 0.303 e. The van der Waals surface area contributed by atoms with E-state index in [1.807, 2.05) is 13.8 Å². The average molecular weight is 642 g/mol. The number of unbranched alkanes of at least 4 members (excludes halogenated alkanes) is 29. The molecule has 0 aliphatic carbocycles. The summed E-state index contributed by atoms with van der Waals surface area (Å²) in [5.74, 6) is -0.631. The SMILES string of the molecule is CCCCCCCCCCCCCCCCCC(=O)O.CCCCCCCCCCCCCCCCCCC(O)(NO)C(C)C. The van der Waals surface area contributed by atoms with Gasteiger partial charge in [-0.25, -0.2) is 0 Å². The van der Waals surface area contributed by atoms with Crippen molar-refractivity contribution in [3.63, 3.8) is 0 Å². The average Bonchev–Trinajstić information content (AvgIpc) is 3.02. The van der Waals surface area contributed by atoms with Gasteiger partial charge in [-0.15, -0.1) is 0 Å². The lowest BCUT2D eigenvalue weighted by Crippen LogP contribution is -2.47. The molecule has 5 heteroatoms. The number of aliphatic carboxylic acids is 1. The van der Waals surface area contributed by atoms with Crippen molar-refractivity contribution in [2.45, 2.75) is 245 Å². The molecule has 0 spiro atoms. The van der Waals surface area contributed by atoms with E-state index < -0.39 is 11.7 Å². The zero-order valence-electron chi connectivity index (χ0n) is 31.2. The van der Waals surface area contributed by atoms with Crippen LogP contribution in [-0.4, -0.2) is 27.1 Å². The Balaban J connectivity index is 0. The van der Waals surface area contributed by atoms with Crippen molar-refractivity contribution in [2.75, 3.05) is 0 Å². The van der Waals surface area contributed by atoms with Crippen LogP contribution in [-0.2, 0) is 4.79 Å². The van der Waals surface area contributed by atoms with E-state index >= 15 is 0 Å². The van der Waals surface area contributed by atoms with Crippen LogP contribution in [0.25, 0.3) is 0 Å². The smallest absolute Gasteiger partial charge is 0.303 e. The second-order valence-corrected chi connectivity index (χ2v) is 14.3. The van der Waals surface area contributed by atoms with Gasteiger partial charge in [-0.05, 0) is 25.2 Å². The first kappa shape index (κ1) is 46.5. The summed E-state index contributed by atoms with van der Waals surface area (Å²) in [5.41, 5.74) is 0.971. The highest BCUT2D eigenvalue weighted by atomic mass is 16.5. The first-order valence-corrected chi connectivity index (χ1v) is 20.2. The lowest BCUT2D eigenvalue weighted by molar-refractivity contribution is -0.137. The third kappa shape index (κ3) is 37.7. The van der Waals surface area contributed by atoms with Crippen molar-refractivity contribution in [3.05, 3.63) is 0 Å². The predicted octanol–water partition coefficient (Wildman–Crippen LogP) is 13.3. The van der Waals surface area contributed by atoms with Crippen LogP contribution in [0.5, 0.6) is 0 Å². The summed E-state index contributed by atoms with van der Waals surface area (Å²) < 4.78 is 0. The number of nitrogens with one attached hydrogen (secondary N) is 1. The Morgan fingerprint density at radius 2 is 0.733 bits per heavy atom. The number of hydroxylamine groups is 1. The molecule has 0 aliphatic rings. The molecule has 45 heavy (non-hydrogen) atoms. The molecule has 0 amide bonds. The molecular weight excluding hydrogens is 558 g/mol. The van der Waals surface area contributed by atoms with Crippen LogP contribution in [0.15, 0.2) is 0 Å². The van der Waals surface area contributed by atoms with Gasteiger partial charge in [0.05, 0.1) is 0 Å². The molecule has 4 N–H and O–H groups in total. The van der Waals surface area contributed by atoms with Crippen LogP contribution in [0, 0.1) is 5.92 Å². The maximum atomic E-state index is 10.3. The molecule has 0 heterocycles. The predicted molar refractivity (Wildman–Crippen MR) is 196 cm³/mol. The van der Waals surface area contributed by atoms with Gasteiger partial charge >= 0.3 is 5.97 Å². The van der Waals surface area contributed by atoms with Crippen LogP contribution in [0.1, 0.15) is 240 Å². The summed E-state index contributed by atoms with van der Waals surface area (Å²) in [5, 5.41) is 27.7. The fourth-order valence-corrected chi connectivity index (χ4v) is 6.06. The molecule has 0 aromatic rings. The van der Waals surface area contributed by atoms with Gasteiger partial charge in [0, 0.05) is 6.42 Å². The Hall–Kier alpha value is -0.650. The molecule has 0 saturated carbocycles. The summed E-state index contributed by atoms with van der Waals surface area (Å²) in [7, 11) is 0. The number of hydrogen-bond acceptors (Lipinski definition) is 4. The van der Waals surface area contributed by atoms with Crippen LogP contribution in [0.2, 0.25) is 0 Å². The second-order valence-electron chi connectivity index (χ2n) is 14.3. The highest BCUT2D eigenvalue weighted by Gasteiger charge is 2.29. The van der Waals surface area contributed by atoms with Gasteiger partial charge in [0.25, 0.3) is 0 Å². The van der Waals surface area contributed by atoms with E-state index in [0.29, 0.717) is 12.8 Å². The van der Waals surface area contributed by atoms with E-state index in [4.69, 9.17) is 10.3 Å². The maximum absolute atomic E-state index is 10.3. The van der Waals surface area contributed by atoms with E-state index in [2.05, 4.69) is 19.3 Å². The van der Waals surface area contributed by atoms with E-state index in [1.54, 1.807) is 0 Å². The van der Waals surface area contributed by atoms with Crippen molar-refractivity contribution >= 4 is 5.97 Å². The molecule has 5 nitrogen and oxygen atoms in total. The van der Waals surface area contributed by atoms with E-state index in [0.717, 1.165) is 25.7 Å². The molecule has 1 unspecified atom stereocenters. The summed E-state index contributed by atoms with van der Waals surface area (Å²) >= 11 is 0. The lowest BCUT2D eigenvalue weighted by atomic mass is 9.94. The van der Waals surface area contributed by atoms with Crippen LogP contribution in [0.4, 0.5) is 0 Å². The molecule has 1 atom stereocenters. The number of rotatable bonds is 35. The van der Waals surface area contributed by atoms with Gasteiger partial charge in [-0.1, -0.05) is 214 Å². The Kier molecular flexibility index (Phi) is 39.0. The van der Waals surface area contributed by atoms with Gasteiger partial charge in [-0.2, -0.15) is 5.48 Å². The molecule has 0 rings (SSSR count). The minimum absolute atomic E-state index is 0.0221. The number of carbonyl (C=O) groups is 1. The minimum Gasteiger partial charge on any atom is -0.481 e. The Morgan fingerprint density at radius 3 is 0.956 bits per heavy atom. The third-order valence-electron chi connectivity index (χ3n) is 9.55. The standard InChI is InChI=1S/C22H47NO2.C18H36O2/c1-4-5-6-7-8-9-10-11-12-13-14-15-16-17-18-19-20-22(24,23-25)21(2)3;1-2-3-4-5-6-7-8-9-10-11-12-13-14-15-16-17-18(19)20/h21,23-25H,4-20H2,1-3H3;2-17H2,1H3,(H,19,20). The number of carboxylic acids is 1. The lowest BCUT2D eigenvalue weighted by Gasteiger charge is -2.30. The molecule has 0 aromatic carbocycles. The molecule has 0 aliphatic heterocycles. The fraction of sp³-hybridized carbons (Fsp3) is 0.975. The molecule has 0 fully saturated rings. The van der Waals surface area contributed by atoms with Crippen LogP contribution in [0.3, 0.4) is 0 Å². The molecule has 272 valence electrons. The third-order valence-corrected chi connectivity index (χ3v) is 9.55. The number of aliphatic hydroxyl groups is 1. The highest BCUT2D eigenvalue weighted by Crippen LogP contribution is 2.21.